The lowest BCUT2D eigenvalue weighted by molar-refractivity contribution is -0.136. The van der Waals surface area contributed by atoms with Crippen LogP contribution in [-0.2, 0) is 11.2 Å². The minimum atomic E-state index is -1.32. The van der Waals surface area contributed by atoms with Crippen molar-refractivity contribution in [3.8, 4) is 5.75 Å². The van der Waals surface area contributed by atoms with E-state index in [1.165, 1.54) is 13.2 Å². The zero-order valence-electron chi connectivity index (χ0n) is 9.07. The zero-order valence-corrected chi connectivity index (χ0v) is 9.07. The highest BCUT2D eigenvalue weighted by Gasteiger charge is 2.17. The fourth-order valence-corrected chi connectivity index (χ4v) is 1.41. The Labute approximate surface area is 96.4 Å². The average molecular weight is 242 g/mol. The zero-order chi connectivity index (χ0) is 13.0. The summed E-state index contributed by atoms with van der Waals surface area (Å²) in [7, 11) is 1.17. The summed E-state index contributed by atoms with van der Waals surface area (Å²) in [6.07, 6.45) is -0.124. The molecule has 0 aliphatic rings. The Bertz CT molecular complexity index is 455. The van der Waals surface area contributed by atoms with Gasteiger partial charge in [-0.05, 0) is 24.1 Å². The first-order chi connectivity index (χ1) is 7.95. The second kappa shape index (κ2) is 5.29. The molecule has 0 heterocycles. The van der Waals surface area contributed by atoms with Gasteiger partial charge in [-0.25, -0.2) is 9.18 Å². The Hall–Kier alpha value is -2.11. The number of rotatable bonds is 5. The van der Waals surface area contributed by atoms with E-state index in [0.29, 0.717) is 5.56 Å². The molecule has 17 heavy (non-hydrogen) atoms. The number of hydrogen-bond donors (Lipinski definition) is 2. The molecule has 0 amide bonds. The van der Waals surface area contributed by atoms with Crippen LogP contribution in [-0.4, -0.2) is 29.3 Å². The molecule has 92 valence electrons. The minimum absolute atomic E-state index is 0.0660. The Kier molecular flexibility index (Phi) is 4.03. The van der Waals surface area contributed by atoms with Gasteiger partial charge >= 0.3 is 11.9 Å². The predicted octanol–water partition coefficient (Wildman–Crippen LogP) is 1.55. The molecule has 0 saturated heterocycles. The number of carbonyl (C=O) groups is 2. The van der Waals surface area contributed by atoms with Crippen molar-refractivity contribution in [3.05, 3.63) is 29.1 Å². The molecule has 5 nitrogen and oxygen atoms in total. The van der Waals surface area contributed by atoms with Crippen LogP contribution >= 0.6 is 0 Å². The number of aliphatic carboxylic acids is 1. The first-order valence-electron chi connectivity index (χ1n) is 4.77. The van der Waals surface area contributed by atoms with Gasteiger partial charge in [0, 0.05) is 6.42 Å². The summed E-state index contributed by atoms with van der Waals surface area (Å²) in [5.74, 6) is -3.51. The van der Waals surface area contributed by atoms with Crippen molar-refractivity contribution in [1.82, 2.24) is 0 Å². The highest BCUT2D eigenvalue weighted by Crippen LogP contribution is 2.25. The highest BCUT2D eigenvalue weighted by molar-refractivity contribution is 5.91. The van der Waals surface area contributed by atoms with Crippen molar-refractivity contribution in [2.75, 3.05) is 7.11 Å². The van der Waals surface area contributed by atoms with Crippen molar-refractivity contribution < 1.29 is 28.9 Å². The van der Waals surface area contributed by atoms with Gasteiger partial charge in [-0.2, -0.15) is 0 Å². The van der Waals surface area contributed by atoms with Crippen molar-refractivity contribution >= 4 is 11.9 Å². The van der Waals surface area contributed by atoms with E-state index in [9.17, 15) is 14.0 Å². The van der Waals surface area contributed by atoms with Crippen molar-refractivity contribution in [2.45, 2.75) is 12.8 Å². The summed E-state index contributed by atoms with van der Waals surface area (Å²) >= 11 is 0. The number of carboxylic acids is 2. The largest absolute Gasteiger partial charge is 0.493 e. The van der Waals surface area contributed by atoms with Crippen LogP contribution in [0.5, 0.6) is 5.75 Å². The molecule has 2 N–H and O–H groups in total. The maximum absolute atomic E-state index is 13.5. The van der Waals surface area contributed by atoms with Gasteiger partial charge in [-0.1, -0.05) is 0 Å². The fraction of sp³-hybridized carbons (Fsp3) is 0.273. The Morgan fingerprint density at radius 3 is 2.47 bits per heavy atom. The molecule has 0 saturated carbocycles. The van der Waals surface area contributed by atoms with Crippen molar-refractivity contribution in [2.24, 2.45) is 0 Å². The summed E-state index contributed by atoms with van der Waals surface area (Å²) in [6.45, 7) is 0. The van der Waals surface area contributed by atoms with Crippen LogP contribution in [0, 0.1) is 5.82 Å². The summed E-state index contributed by atoms with van der Waals surface area (Å²) < 4.78 is 18.1. The molecular formula is C11H11FO5. The van der Waals surface area contributed by atoms with Gasteiger partial charge in [-0.15, -0.1) is 0 Å². The van der Waals surface area contributed by atoms with Gasteiger partial charge in [0.05, 0.1) is 7.11 Å². The number of aryl methyl sites for hydroxylation is 1. The van der Waals surface area contributed by atoms with Gasteiger partial charge in [0.1, 0.15) is 5.56 Å². The number of aromatic carboxylic acids is 1. The van der Waals surface area contributed by atoms with E-state index >= 15 is 0 Å². The molecule has 0 aromatic heterocycles. The molecule has 0 aliphatic heterocycles. The van der Waals surface area contributed by atoms with Crippen LogP contribution in [0.4, 0.5) is 4.39 Å². The standard InChI is InChI=1S/C11H11FO5/c1-17-10-7(11(15)16)4-6(5-8(10)12)2-3-9(13)14/h4-5H,2-3H2,1H3,(H,13,14)(H,15,16). The Balaban J connectivity index is 3.10. The summed E-state index contributed by atoms with van der Waals surface area (Å²) in [6, 6.07) is 2.29. The summed E-state index contributed by atoms with van der Waals surface area (Å²) in [4.78, 5) is 21.2. The second-order valence-corrected chi connectivity index (χ2v) is 3.36. The topological polar surface area (TPSA) is 83.8 Å². The van der Waals surface area contributed by atoms with E-state index in [2.05, 4.69) is 4.74 Å². The molecule has 0 unspecified atom stereocenters. The lowest BCUT2D eigenvalue weighted by atomic mass is 10.0. The highest BCUT2D eigenvalue weighted by atomic mass is 19.1. The Morgan fingerprint density at radius 1 is 1.35 bits per heavy atom. The van der Waals surface area contributed by atoms with Crippen LogP contribution in [0.3, 0.4) is 0 Å². The fourth-order valence-electron chi connectivity index (χ4n) is 1.41. The van der Waals surface area contributed by atoms with Crippen LogP contribution in [0.25, 0.3) is 0 Å². The van der Waals surface area contributed by atoms with Gasteiger partial charge in [0.2, 0.25) is 0 Å². The molecule has 1 aromatic carbocycles. The van der Waals surface area contributed by atoms with E-state index < -0.39 is 17.8 Å². The Morgan fingerprint density at radius 2 is 2.00 bits per heavy atom. The first-order valence-corrected chi connectivity index (χ1v) is 4.77. The number of benzene rings is 1. The van der Waals surface area contributed by atoms with Crippen molar-refractivity contribution in [3.63, 3.8) is 0 Å². The molecule has 1 aromatic rings. The molecule has 0 bridgehead atoms. The maximum Gasteiger partial charge on any atom is 0.339 e. The smallest absolute Gasteiger partial charge is 0.339 e. The number of ether oxygens (including phenoxy) is 1. The lowest BCUT2D eigenvalue weighted by Gasteiger charge is -2.08. The number of methoxy groups -OCH3 is 1. The van der Waals surface area contributed by atoms with E-state index in [4.69, 9.17) is 10.2 Å². The molecule has 6 heteroatoms. The van der Waals surface area contributed by atoms with Gasteiger partial charge in [0.25, 0.3) is 0 Å². The van der Waals surface area contributed by atoms with Crippen LogP contribution in [0.1, 0.15) is 22.3 Å². The van der Waals surface area contributed by atoms with Crippen LogP contribution < -0.4 is 4.74 Å². The van der Waals surface area contributed by atoms with E-state index in [1.54, 1.807) is 0 Å². The average Bonchev–Trinajstić information content (AvgIpc) is 2.25. The van der Waals surface area contributed by atoms with Gasteiger partial charge in [-0.3, -0.25) is 4.79 Å². The predicted molar refractivity (Wildman–Crippen MR) is 55.9 cm³/mol. The number of halogens is 1. The number of hydrogen-bond acceptors (Lipinski definition) is 3. The monoisotopic (exact) mass is 242 g/mol. The molecule has 0 radical (unpaired) electrons. The molecule has 1 rings (SSSR count). The SMILES string of the molecule is COc1c(F)cc(CCC(=O)O)cc1C(=O)O. The molecule has 0 atom stereocenters. The maximum atomic E-state index is 13.5. The first kappa shape index (κ1) is 13.0. The second-order valence-electron chi connectivity index (χ2n) is 3.36. The minimum Gasteiger partial charge on any atom is -0.493 e. The molecule has 0 fully saturated rings. The quantitative estimate of drug-likeness (QED) is 0.818. The van der Waals surface area contributed by atoms with E-state index in [-0.39, 0.29) is 24.2 Å². The van der Waals surface area contributed by atoms with Gasteiger partial charge in [0.15, 0.2) is 11.6 Å². The van der Waals surface area contributed by atoms with Gasteiger partial charge < -0.3 is 14.9 Å². The van der Waals surface area contributed by atoms with Crippen molar-refractivity contribution in [1.29, 1.82) is 0 Å². The van der Waals surface area contributed by atoms with Crippen LogP contribution in [0.15, 0.2) is 12.1 Å². The molecule has 0 spiro atoms. The third-order valence-corrected chi connectivity index (χ3v) is 2.17. The molecular weight excluding hydrogens is 231 g/mol. The molecule has 0 aliphatic carbocycles. The summed E-state index contributed by atoms with van der Waals surface area (Å²) in [5, 5.41) is 17.3. The van der Waals surface area contributed by atoms with Crippen LogP contribution in [0.2, 0.25) is 0 Å². The van der Waals surface area contributed by atoms with E-state index in [1.807, 2.05) is 0 Å². The van der Waals surface area contributed by atoms with E-state index in [0.717, 1.165) is 6.07 Å². The third-order valence-electron chi connectivity index (χ3n) is 2.17. The lowest BCUT2D eigenvalue weighted by Crippen LogP contribution is -2.05. The third kappa shape index (κ3) is 3.17. The number of carboxylic acid groups (broad SMARTS) is 2. The summed E-state index contributed by atoms with van der Waals surface area (Å²) in [5.41, 5.74) is -0.00371. The normalized spacial score (nSPS) is 10.0.